The summed E-state index contributed by atoms with van der Waals surface area (Å²) in [6.45, 7) is 3.65. The van der Waals surface area contributed by atoms with Crippen molar-refractivity contribution in [1.82, 2.24) is 14.8 Å². The molecule has 35 heavy (non-hydrogen) atoms. The second kappa shape index (κ2) is 8.53. The van der Waals surface area contributed by atoms with Crippen LogP contribution in [0.2, 0.25) is 0 Å². The average Bonchev–Trinajstić information content (AvgIpc) is 3.35. The van der Waals surface area contributed by atoms with E-state index >= 15 is 0 Å². The topological polar surface area (TPSA) is 94.0 Å². The SMILES string of the molecule is Cc1ccc(-c2cc(C(=O)Nc3cc(F)ccc3F)c3c(C)nn([C@@H]4CCS(=O)(=O)C4)c3n2)cc1. The van der Waals surface area contributed by atoms with E-state index in [9.17, 15) is 22.0 Å². The number of nitrogens with one attached hydrogen (secondary N) is 1. The monoisotopic (exact) mass is 496 g/mol. The average molecular weight is 497 g/mol. The molecule has 2 aromatic carbocycles. The summed E-state index contributed by atoms with van der Waals surface area (Å²) in [5, 5.41) is 7.43. The predicted octanol–water partition coefficient (Wildman–Crippen LogP) is 4.61. The van der Waals surface area contributed by atoms with Gasteiger partial charge in [-0.1, -0.05) is 29.8 Å². The van der Waals surface area contributed by atoms with E-state index in [1.165, 1.54) is 0 Å². The number of sulfone groups is 1. The van der Waals surface area contributed by atoms with Crippen LogP contribution in [0.3, 0.4) is 0 Å². The maximum Gasteiger partial charge on any atom is 0.256 e. The number of halogens is 2. The Labute approximate surface area is 200 Å². The van der Waals surface area contributed by atoms with Crippen LogP contribution in [-0.4, -0.2) is 40.6 Å². The molecule has 1 atom stereocenters. The molecule has 1 fully saturated rings. The van der Waals surface area contributed by atoms with E-state index in [2.05, 4.69) is 10.4 Å². The van der Waals surface area contributed by atoms with Crippen LogP contribution in [0.25, 0.3) is 22.3 Å². The van der Waals surface area contributed by atoms with Crippen molar-refractivity contribution in [2.45, 2.75) is 26.3 Å². The lowest BCUT2D eigenvalue weighted by atomic mass is 10.0. The van der Waals surface area contributed by atoms with Gasteiger partial charge in [-0.05, 0) is 38.5 Å². The minimum Gasteiger partial charge on any atom is -0.319 e. The Hall–Kier alpha value is -3.66. The molecule has 5 rings (SSSR count). The van der Waals surface area contributed by atoms with Gasteiger partial charge in [0.15, 0.2) is 15.5 Å². The standard InChI is InChI=1S/C25H22F2N4O3S/c1-14-3-5-16(6-4-14)21-12-19(25(32)29-22-11-17(26)7-8-20(22)27)23-15(2)30-31(24(23)28-21)18-9-10-35(33,34)13-18/h3-8,11-12,18H,9-10,13H2,1-2H3,(H,29,32)/t18-/m1/s1. The van der Waals surface area contributed by atoms with Crippen molar-refractivity contribution in [3.63, 3.8) is 0 Å². The predicted molar refractivity (Wildman–Crippen MR) is 129 cm³/mol. The van der Waals surface area contributed by atoms with Crippen LogP contribution in [0, 0.1) is 25.5 Å². The van der Waals surface area contributed by atoms with Crippen molar-refractivity contribution in [3.8, 4) is 11.3 Å². The van der Waals surface area contributed by atoms with Crippen LogP contribution in [0.15, 0.2) is 48.5 Å². The summed E-state index contributed by atoms with van der Waals surface area (Å²) >= 11 is 0. The molecule has 2 aromatic heterocycles. The molecule has 0 radical (unpaired) electrons. The van der Waals surface area contributed by atoms with E-state index in [1.807, 2.05) is 31.2 Å². The summed E-state index contributed by atoms with van der Waals surface area (Å²) in [6.07, 6.45) is 0.394. The van der Waals surface area contributed by atoms with Gasteiger partial charge in [-0.15, -0.1) is 0 Å². The van der Waals surface area contributed by atoms with E-state index < -0.39 is 33.4 Å². The quantitative estimate of drug-likeness (QED) is 0.446. The summed E-state index contributed by atoms with van der Waals surface area (Å²) in [7, 11) is -3.19. The number of anilines is 1. The van der Waals surface area contributed by atoms with Gasteiger partial charge in [0.25, 0.3) is 5.91 Å². The van der Waals surface area contributed by atoms with E-state index in [0.29, 0.717) is 28.8 Å². The number of aryl methyl sites for hydroxylation is 2. The summed E-state index contributed by atoms with van der Waals surface area (Å²) in [4.78, 5) is 18.1. The van der Waals surface area contributed by atoms with Crippen LogP contribution in [-0.2, 0) is 9.84 Å². The molecule has 180 valence electrons. The molecule has 1 saturated heterocycles. The summed E-state index contributed by atoms with van der Waals surface area (Å²) < 4.78 is 53.7. The Bertz CT molecular complexity index is 1580. The fraction of sp³-hybridized carbons (Fsp3) is 0.240. The second-order valence-electron chi connectivity index (χ2n) is 8.78. The Morgan fingerprint density at radius 1 is 1.09 bits per heavy atom. The Balaban J connectivity index is 1.69. The smallest absolute Gasteiger partial charge is 0.256 e. The minimum absolute atomic E-state index is 0.0575. The van der Waals surface area contributed by atoms with Crippen molar-refractivity contribution in [3.05, 3.63) is 77.0 Å². The van der Waals surface area contributed by atoms with Crippen molar-refractivity contribution in [2.75, 3.05) is 16.8 Å². The van der Waals surface area contributed by atoms with Crippen molar-refractivity contribution in [1.29, 1.82) is 0 Å². The van der Waals surface area contributed by atoms with E-state index in [1.54, 1.807) is 17.7 Å². The number of hydrogen-bond donors (Lipinski definition) is 1. The van der Waals surface area contributed by atoms with Gasteiger partial charge < -0.3 is 5.32 Å². The van der Waals surface area contributed by atoms with Crippen LogP contribution < -0.4 is 5.32 Å². The number of aromatic nitrogens is 3. The first-order valence-electron chi connectivity index (χ1n) is 11.0. The highest BCUT2D eigenvalue weighted by molar-refractivity contribution is 7.91. The van der Waals surface area contributed by atoms with Crippen LogP contribution in [0.4, 0.5) is 14.5 Å². The van der Waals surface area contributed by atoms with Gasteiger partial charge >= 0.3 is 0 Å². The maximum absolute atomic E-state index is 14.2. The van der Waals surface area contributed by atoms with Crippen LogP contribution in [0.5, 0.6) is 0 Å². The minimum atomic E-state index is -3.19. The summed E-state index contributed by atoms with van der Waals surface area (Å²) in [6, 6.07) is 11.5. The van der Waals surface area contributed by atoms with Gasteiger partial charge in [0.2, 0.25) is 0 Å². The molecule has 10 heteroatoms. The Morgan fingerprint density at radius 3 is 2.51 bits per heavy atom. The number of rotatable bonds is 4. The van der Waals surface area contributed by atoms with E-state index in [0.717, 1.165) is 29.3 Å². The fourth-order valence-electron chi connectivity index (χ4n) is 4.37. The molecular formula is C25H22F2N4O3S. The number of pyridine rings is 1. The molecule has 3 heterocycles. The van der Waals surface area contributed by atoms with Gasteiger partial charge in [0.05, 0.1) is 45.6 Å². The lowest BCUT2D eigenvalue weighted by Crippen LogP contribution is -2.15. The maximum atomic E-state index is 14.2. The van der Waals surface area contributed by atoms with Gasteiger partial charge in [-0.3, -0.25) is 4.79 Å². The zero-order valence-electron chi connectivity index (χ0n) is 19.0. The molecule has 0 spiro atoms. The Kier molecular flexibility index (Phi) is 5.63. The number of amides is 1. The largest absolute Gasteiger partial charge is 0.319 e. The molecule has 7 nitrogen and oxygen atoms in total. The number of benzene rings is 2. The zero-order valence-corrected chi connectivity index (χ0v) is 19.9. The second-order valence-corrected chi connectivity index (χ2v) is 11.0. The molecule has 4 aromatic rings. The van der Waals surface area contributed by atoms with Crippen molar-refractivity contribution < 1.29 is 22.0 Å². The highest BCUT2D eigenvalue weighted by Gasteiger charge is 2.32. The summed E-state index contributed by atoms with van der Waals surface area (Å²) in [5.41, 5.74) is 3.01. The highest BCUT2D eigenvalue weighted by Crippen LogP contribution is 2.32. The highest BCUT2D eigenvalue weighted by atomic mass is 32.2. The zero-order chi connectivity index (χ0) is 24.9. The first kappa shape index (κ1) is 23.1. The number of hydrogen-bond acceptors (Lipinski definition) is 5. The number of fused-ring (bicyclic) bond motifs is 1. The third-order valence-corrected chi connectivity index (χ3v) is 7.91. The first-order chi connectivity index (χ1) is 16.6. The van der Waals surface area contributed by atoms with Crippen molar-refractivity contribution in [2.24, 2.45) is 0 Å². The third kappa shape index (κ3) is 4.41. The molecule has 0 unspecified atom stereocenters. The number of carbonyl (C=O) groups is 1. The number of carbonyl (C=O) groups excluding carboxylic acids is 1. The molecular weight excluding hydrogens is 474 g/mol. The molecule has 1 aliphatic rings. The lowest BCUT2D eigenvalue weighted by molar-refractivity contribution is 0.102. The van der Waals surface area contributed by atoms with Gasteiger partial charge in [-0.25, -0.2) is 26.9 Å². The van der Waals surface area contributed by atoms with Crippen LogP contribution in [0.1, 0.15) is 34.1 Å². The Morgan fingerprint density at radius 2 is 1.83 bits per heavy atom. The van der Waals surface area contributed by atoms with E-state index in [4.69, 9.17) is 4.98 Å². The molecule has 0 aliphatic carbocycles. The van der Waals surface area contributed by atoms with Gasteiger partial charge in [-0.2, -0.15) is 5.10 Å². The van der Waals surface area contributed by atoms with Gasteiger partial charge in [0, 0.05) is 11.6 Å². The normalized spacial score (nSPS) is 17.1. The van der Waals surface area contributed by atoms with E-state index in [-0.39, 0.29) is 22.8 Å². The molecule has 0 bridgehead atoms. The third-order valence-electron chi connectivity index (χ3n) is 6.16. The molecule has 1 aliphatic heterocycles. The van der Waals surface area contributed by atoms with Crippen molar-refractivity contribution >= 4 is 32.5 Å². The molecule has 1 amide bonds. The molecule has 1 N–H and O–H groups in total. The van der Waals surface area contributed by atoms with Crippen LogP contribution >= 0.6 is 0 Å². The fourth-order valence-corrected chi connectivity index (χ4v) is 6.06. The summed E-state index contributed by atoms with van der Waals surface area (Å²) in [5.74, 6) is -2.12. The van der Waals surface area contributed by atoms with Gasteiger partial charge in [0.1, 0.15) is 11.6 Å². The first-order valence-corrected chi connectivity index (χ1v) is 12.9. The molecule has 0 saturated carbocycles. The number of nitrogens with zero attached hydrogens (tertiary/aromatic N) is 3. The lowest BCUT2D eigenvalue weighted by Gasteiger charge is -2.13.